The SMILES string of the molecule is CCBr.C[SiH](C)[O]. The molecule has 45 valence electrons. The lowest BCUT2D eigenvalue weighted by atomic mass is 11.0. The lowest BCUT2D eigenvalue weighted by Crippen LogP contribution is -1.89. The summed E-state index contributed by atoms with van der Waals surface area (Å²) in [5.74, 6) is 0. The normalized spacial score (nSPS) is 7.71. The second kappa shape index (κ2) is 9.82. The molecule has 0 saturated heterocycles. The summed E-state index contributed by atoms with van der Waals surface area (Å²) in [6, 6.07) is 0. The molecule has 0 atom stereocenters. The summed E-state index contributed by atoms with van der Waals surface area (Å²) in [4.78, 5) is 9.67. The highest BCUT2D eigenvalue weighted by atomic mass is 79.9. The highest BCUT2D eigenvalue weighted by Crippen LogP contribution is 1.67. The number of hydrogen-bond donors (Lipinski definition) is 0. The first-order valence-corrected chi connectivity index (χ1v) is 6.27. The van der Waals surface area contributed by atoms with Gasteiger partial charge in [0.2, 0.25) is 9.04 Å². The van der Waals surface area contributed by atoms with Crippen molar-refractivity contribution >= 4 is 25.0 Å². The quantitative estimate of drug-likeness (QED) is 0.404. The molecule has 0 aliphatic rings. The van der Waals surface area contributed by atoms with E-state index in [1.807, 2.05) is 6.92 Å². The third-order valence-electron chi connectivity index (χ3n) is 0. The van der Waals surface area contributed by atoms with Crippen LogP contribution >= 0.6 is 15.9 Å². The molecule has 3 heteroatoms. The first kappa shape index (κ1) is 10.6. The van der Waals surface area contributed by atoms with Crippen LogP contribution in [0.1, 0.15) is 6.92 Å². The Hall–Kier alpha value is 0.657. The summed E-state index contributed by atoms with van der Waals surface area (Å²) < 4.78 is 0. The van der Waals surface area contributed by atoms with Gasteiger partial charge in [-0.1, -0.05) is 22.9 Å². The summed E-state index contributed by atoms with van der Waals surface area (Å²) >= 11 is 3.15. The Labute approximate surface area is 55.6 Å². The van der Waals surface area contributed by atoms with E-state index in [-0.39, 0.29) is 0 Å². The second-order valence-corrected chi connectivity index (χ2v) is 4.53. The average Bonchev–Trinajstić information content (AvgIpc) is 1.33. The van der Waals surface area contributed by atoms with Crippen LogP contribution in [0.15, 0.2) is 0 Å². The molecule has 0 rings (SSSR count). The number of halogens is 1. The first-order valence-electron chi connectivity index (χ1n) is 2.36. The Balaban J connectivity index is 0. The third-order valence-corrected chi connectivity index (χ3v) is 0. The molecule has 0 unspecified atom stereocenters. The van der Waals surface area contributed by atoms with E-state index < -0.39 is 9.04 Å². The predicted octanol–water partition coefficient (Wildman–Crippen LogP) is 1.80. The van der Waals surface area contributed by atoms with E-state index in [1.165, 1.54) is 0 Å². The molecule has 7 heavy (non-hydrogen) atoms. The second-order valence-electron chi connectivity index (χ2n) is 1.32. The van der Waals surface area contributed by atoms with Crippen molar-refractivity contribution in [1.82, 2.24) is 0 Å². The van der Waals surface area contributed by atoms with Crippen molar-refractivity contribution < 1.29 is 4.80 Å². The molecule has 0 aromatic carbocycles. The molecule has 0 fully saturated rings. The summed E-state index contributed by atoms with van der Waals surface area (Å²) in [6.45, 7) is 5.54. The molecular formula is C4H12BrOSi. The predicted molar refractivity (Wildman–Crippen MR) is 39.0 cm³/mol. The molecule has 1 radical (unpaired) electrons. The monoisotopic (exact) mass is 183 g/mol. The van der Waals surface area contributed by atoms with Crippen LogP contribution < -0.4 is 0 Å². The zero-order valence-electron chi connectivity index (χ0n) is 5.07. The van der Waals surface area contributed by atoms with Crippen LogP contribution in [-0.2, 0) is 4.80 Å². The fourth-order valence-electron chi connectivity index (χ4n) is 0. The van der Waals surface area contributed by atoms with Crippen LogP contribution in [0.3, 0.4) is 0 Å². The van der Waals surface area contributed by atoms with E-state index in [9.17, 15) is 4.80 Å². The lowest BCUT2D eigenvalue weighted by Gasteiger charge is -1.70. The highest BCUT2D eigenvalue weighted by Gasteiger charge is 1.79. The average molecular weight is 184 g/mol. The van der Waals surface area contributed by atoms with Crippen molar-refractivity contribution in [3.05, 3.63) is 0 Å². The van der Waals surface area contributed by atoms with Gasteiger partial charge in [-0.15, -0.1) is 0 Å². The minimum Gasteiger partial charge on any atom is -0.302 e. The first-order chi connectivity index (χ1) is 3.15. The lowest BCUT2D eigenvalue weighted by molar-refractivity contribution is 0.460. The van der Waals surface area contributed by atoms with Crippen LogP contribution in [-0.4, -0.2) is 14.4 Å². The summed E-state index contributed by atoms with van der Waals surface area (Å²) in [5, 5.41) is 1.06. The standard InChI is InChI=1S/C2H5Br.C2H7OSi/c1-2-3;1-4(2)3/h2H2,1H3;4H,1-2H3. The van der Waals surface area contributed by atoms with Crippen LogP contribution in [0.25, 0.3) is 0 Å². The molecule has 0 bridgehead atoms. The van der Waals surface area contributed by atoms with Gasteiger partial charge in [-0.05, 0) is 13.1 Å². The fraction of sp³-hybridized carbons (Fsp3) is 1.00. The van der Waals surface area contributed by atoms with Crippen molar-refractivity contribution in [2.24, 2.45) is 0 Å². The number of hydrogen-bond acceptors (Lipinski definition) is 0. The van der Waals surface area contributed by atoms with Gasteiger partial charge in [0, 0.05) is 5.33 Å². The van der Waals surface area contributed by atoms with E-state index >= 15 is 0 Å². The third kappa shape index (κ3) is 335. The van der Waals surface area contributed by atoms with E-state index in [4.69, 9.17) is 0 Å². The van der Waals surface area contributed by atoms with Crippen LogP contribution in [0, 0.1) is 0 Å². The maximum absolute atomic E-state index is 9.67. The van der Waals surface area contributed by atoms with Crippen LogP contribution in [0.2, 0.25) is 13.1 Å². The van der Waals surface area contributed by atoms with Gasteiger partial charge in [-0.2, -0.15) is 0 Å². The van der Waals surface area contributed by atoms with Crippen LogP contribution in [0.4, 0.5) is 0 Å². The van der Waals surface area contributed by atoms with Crippen molar-refractivity contribution in [1.29, 1.82) is 0 Å². The van der Waals surface area contributed by atoms with Gasteiger partial charge in [0.25, 0.3) is 0 Å². The zero-order chi connectivity index (χ0) is 6.28. The van der Waals surface area contributed by atoms with Crippen molar-refractivity contribution in [2.45, 2.75) is 20.0 Å². The maximum Gasteiger partial charge on any atom is 0.216 e. The molecule has 0 aliphatic carbocycles. The van der Waals surface area contributed by atoms with Gasteiger partial charge in [0.1, 0.15) is 0 Å². The van der Waals surface area contributed by atoms with Crippen molar-refractivity contribution in [2.75, 3.05) is 5.33 Å². The summed E-state index contributed by atoms with van der Waals surface area (Å²) in [5.41, 5.74) is 0. The minimum absolute atomic E-state index is 1.06. The van der Waals surface area contributed by atoms with E-state index in [2.05, 4.69) is 15.9 Å². The van der Waals surface area contributed by atoms with E-state index in [1.54, 1.807) is 13.1 Å². The highest BCUT2D eigenvalue weighted by molar-refractivity contribution is 9.09. The molecule has 0 aromatic heterocycles. The Morgan fingerprint density at radius 1 is 1.57 bits per heavy atom. The van der Waals surface area contributed by atoms with Gasteiger partial charge in [0.15, 0.2) is 0 Å². The number of rotatable bonds is 0. The summed E-state index contributed by atoms with van der Waals surface area (Å²) in [7, 11) is -1.39. The van der Waals surface area contributed by atoms with Crippen molar-refractivity contribution in [3.8, 4) is 0 Å². The summed E-state index contributed by atoms with van der Waals surface area (Å²) in [6.07, 6.45) is 0. The van der Waals surface area contributed by atoms with Crippen LogP contribution in [0.5, 0.6) is 0 Å². The van der Waals surface area contributed by atoms with Gasteiger partial charge < -0.3 is 4.80 Å². The molecule has 0 N–H and O–H groups in total. The van der Waals surface area contributed by atoms with Gasteiger partial charge >= 0.3 is 0 Å². The van der Waals surface area contributed by atoms with Gasteiger partial charge in [0.05, 0.1) is 0 Å². The Morgan fingerprint density at radius 3 is 1.57 bits per heavy atom. The Kier molecular flexibility index (Phi) is 14.9. The van der Waals surface area contributed by atoms with Gasteiger partial charge in [-0.3, -0.25) is 0 Å². The molecule has 0 heterocycles. The minimum atomic E-state index is -1.39. The fourth-order valence-corrected chi connectivity index (χ4v) is 0. The molecule has 0 aromatic rings. The van der Waals surface area contributed by atoms with E-state index in [0.717, 1.165) is 5.33 Å². The maximum atomic E-state index is 9.67. The largest absolute Gasteiger partial charge is 0.302 e. The number of alkyl halides is 1. The van der Waals surface area contributed by atoms with Crippen molar-refractivity contribution in [3.63, 3.8) is 0 Å². The Morgan fingerprint density at radius 2 is 1.57 bits per heavy atom. The Bertz CT molecular complexity index is 22.9. The topological polar surface area (TPSA) is 19.9 Å². The molecular weight excluding hydrogens is 172 g/mol. The zero-order valence-corrected chi connectivity index (χ0v) is 7.81. The molecule has 0 aliphatic heterocycles. The van der Waals surface area contributed by atoms with E-state index in [0.29, 0.717) is 0 Å². The smallest absolute Gasteiger partial charge is 0.216 e. The molecule has 0 saturated carbocycles. The van der Waals surface area contributed by atoms with Gasteiger partial charge in [-0.25, -0.2) is 0 Å². The molecule has 0 spiro atoms. The molecule has 0 amide bonds. The molecule has 1 nitrogen and oxygen atoms in total.